The third-order valence-electron chi connectivity index (χ3n) is 4.37. The number of allylic oxidation sites excluding steroid dienone is 1. The molecule has 0 radical (unpaired) electrons. The number of aliphatic hydroxyl groups is 1. The highest BCUT2D eigenvalue weighted by atomic mass is 19.1. The first kappa shape index (κ1) is 18.4. The SMILES string of the molecule is C=CCC[C@@H](O)CN(Cc1ccc2c(c1)OCO2)Cc1ccccc1F. The van der Waals surface area contributed by atoms with Gasteiger partial charge in [0.1, 0.15) is 5.82 Å². The second kappa shape index (κ2) is 8.83. The molecule has 5 heteroatoms. The zero-order valence-electron chi connectivity index (χ0n) is 14.7. The van der Waals surface area contributed by atoms with E-state index in [2.05, 4.69) is 6.58 Å². The van der Waals surface area contributed by atoms with Crippen LogP contribution in [-0.4, -0.2) is 29.4 Å². The maximum atomic E-state index is 14.1. The molecule has 0 aromatic heterocycles. The highest BCUT2D eigenvalue weighted by Gasteiger charge is 2.17. The summed E-state index contributed by atoms with van der Waals surface area (Å²) in [5, 5.41) is 10.3. The maximum absolute atomic E-state index is 14.1. The minimum atomic E-state index is -0.492. The van der Waals surface area contributed by atoms with E-state index in [1.165, 1.54) is 6.07 Å². The highest BCUT2D eigenvalue weighted by molar-refractivity contribution is 5.44. The molecule has 1 heterocycles. The molecule has 0 spiro atoms. The van der Waals surface area contributed by atoms with Crippen molar-refractivity contribution in [1.29, 1.82) is 0 Å². The molecule has 1 N–H and O–H groups in total. The molecule has 2 aromatic carbocycles. The summed E-state index contributed by atoms with van der Waals surface area (Å²) in [5.74, 6) is 1.23. The van der Waals surface area contributed by atoms with Crippen molar-refractivity contribution in [2.75, 3.05) is 13.3 Å². The average molecular weight is 357 g/mol. The van der Waals surface area contributed by atoms with Crippen molar-refractivity contribution in [2.45, 2.75) is 32.0 Å². The van der Waals surface area contributed by atoms with Gasteiger partial charge in [-0.05, 0) is 36.6 Å². The van der Waals surface area contributed by atoms with Crippen LogP contribution in [0.4, 0.5) is 4.39 Å². The molecule has 0 saturated carbocycles. The topological polar surface area (TPSA) is 41.9 Å². The number of nitrogens with zero attached hydrogens (tertiary/aromatic N) is 1. The van der Waals surface area contributed by atoms with Crippen LogP contribution in [0.1, 0.15) is 24.0 Å². The molecule has 0 amide bonds. The van der Waals surface area contributed by atoms with Crippen molar-refractivity contribution in [3.63, 3.8) is 0 Å². The summed E-state index contributed by atoms with van der Waals surface area (Å²) in [6, 6.07) is 12.5. The lowest BCUT2D eigenvalue weighted by Gasteiger charge is -2.25. The third-order valence-corrected chi connectivity index (χ3v) is 4.37. The van der Waals surface area contributed by atoms with Gasteiger partial charge in [0.05, 0.1) is 6.10 Å². The number of aliphatic hydroxyl groups excluding tert-OH is 1. The Balaban J connectivity index is 1.73. The van der Waals surface area contributed by atoms with Crippen LogP contribution < -0.4 is 9.47 Å². The lowest BCUT2D eigenvalue weighted by atomic mass is 10.1. The zero-order chi connectivity index (χ0) is 18.4. The molecule has 0 unspecified atom stereocenters. The van der Waals surface area contributed by atoms with Crippen molar-refractivity contribution in [2.24, 2.45) is 0 Å². The number of hydrogen-bond acceptors (Lipinski definition) is 4. The average Bonchev–Trinajstić information content (AvgIpc) is 3.09. The van der Waals surface area contributed by atoms with E-state index in [4.69, 9.17) is 9.47 Å². The first-order chi connectivity index (χ1) is 12.7. The smallest absolute Gasteiger partial charge is 0.231 e. The van der Waals surface area contributed by atoms with Gasteiger partial charge in [0.15, 0.2) is 11.5 Å². The molecule has 3 rings (SSSR count). The molecule has 4 nitrogen and oxygen atoms in total. The number of benzene rings is 2. The molecule has 1 aliphatic rings. The first-order valence-electron chi connectivity index (χ1n) is 8.79. The van der Waals surface area contributed by atoms with Crippen LogP contribution in [0.25, 0.3) is 0 Å². The maximum Gasteiger partial charge on any atom is 0.231 e. The van der Waals surface area contributed by atoms with Crippen LogP contribution in [0.2, 0.25) is 0 Å². The van der Waals surface area contributed by atoms with E-state index in [1.807, 2.05) is 29.2 Å². The molecule has 1 aliphatic heterocycles. The van der Waals surface area contributed by atoms with E-state index in [-0.39, 0.29) is 12.6 Å². The highest BCUT2D eigenvalue weighted by Crippen LogP contribution is 2.33. The standard InChI is InChI=1S/C21H24FNO3/c1-2-3-7-18(24)14-23(13-17-6-4-5-8-19(17)22)12-16-9-10-20-21(11-16)26-15-25-20/h2,4-6,8-11,18,24H,1,3,7,12-15H2/t18-/m1/s1. The van der Waals surface area contributed by atoms with E-state index < -0.39 is 6.10 Å². The normalized spacial score (nSPS) is 13.8. The van der Waals surface area contributed by atoms with Gasteiger partial charge in [-0.3, -0.25) is 4.90 Å². The Morgan fingerprint density at radius 1 is 1.15 bits per heavy atom. The molecule has 0 saturated heterocycles. The molecular weight excluding hydrogens is 333 g/mol. The van der Waals surface area contributed by atoms with E-state index in [0.717, 1.165) is 23.5 Å². The summed E-state index contributed by atoms with van der Waals surface area (Å²) in [6.07, 6.45) is 2.69. The Hall–Kier alpha value is -2.37. The van der Waals surface area contributed by atoms with Crippen molar-refractivity contribution in [3.8, 4) is 11.5 Å². The molecule has 0 aliphatic carbocycles. The monoisotopic (exact) mass is 357 g/mol. The van der Waals surface area contributed by atoms with E-state index in [0.29, 0.717) is 31.6 Å². The summed E-state index contributed by atoms with van der Waals surface area (Å²) < 4.78 is 24.8. The van der Waals surface area contributed by atoms with Gasteiger partial charge < -0.3 is 14.6 Å². The van der Waals surface area contributed by atoms with Crippen molar-refractivity contribution in [1.82, 2.24) is 4.90 Å². The lowest BCUT2D eigenvalue weighted by molar-refractivity contribution is 0.0977. The van der Waals surface area contributed by atoms with E-state index >= 15 is 0 Å². The fraction of sp³-hybridized carbons (Fsp3) is 0.333. The Morgan fingerprint density at radius 3 is 2.77 bits per heavy atom. The van der Waals surface area contributed by atoms with Gasteiger partial charge in [0, 0.05) is 25.2 Å². The Morgan fingerprint density at radius 2 is 1.96 bits per heavy atom. The summed E-state index contributed by atoms with van der Waals surface area (Å²) in [6.45, 7) is 5.38. The summed E-state index contributed by atoms with van der Waals surface area (Å²) in [5.41, 5.74) is 1.64. The fourth-order valence-corrected chi connectivity index (χ4v) is 3.05. The first-order valence-corrected chi connectivity index (χ1v) is 8.79. The van der Waals surface area contributed by atoms with Gasteiger partial charge in [-0.2, -0.15) is 0 Å². The third kappa shape index (κ3) is 4.84. The zero-order valence-corrected chi connectivity index (χ0v) is 14.7. The Kier molecular flexibility index (Phi) is 6.26. The van der Waals surface area contributed by atoms with Crippen molar-refractivity contribution >= 4 is 0 Å². The van der Waals surface area contributed by atoms with Gasteiger partial charge >= 0.3 is 0 Å². The number of rotatable bonds is 9. The van der Waals surface area contributed by atoms with Crippen molar-refractivity contribution < 1.29 is 19.0 Å². The number of hydrogen-bond donors (Lipinski definition) is 1. The minimum absolute atomic E-state index is 0.233. The molecule has 26 heavy (non-hydrogen) atoms. The predicted octanol–water partition coefficient (Wildman–Crippen LogP) is 3.88. The van der Waals surface area contributed by atoms with Crippen LogP contribution in [0.3, 0.4) is 0 Å². The quantitative estimate of drug-likeness (QED) is 0.692. The molecule has 2 aromatic rings. The second-order valence-corrected chi connectivity index (χ2v) is 6.47. The lowest BCUT2D eigenvalue weighted by Crippen LogP contribution is -2.32. The van der Waals surface area contributed by atoms with Gasteiger partial charge in [0.25, 0.3) is 0 Å². The number of ether oxygens (including phenoxy) is 2. The van der Waals surface area contributed by atoms with Crippen LogP contribution in [0, 0.1) is 5.82 Å². The van der Waals surface area contributed by atoms with Crippen LogP contribution in [0.15, 0.2) is 55.1 Å². The van der Waals surface area contributed by atoms with Crippen LogP contribution in [-0.2, 0) is 13.1 Å². The van der Waals surface area contributed by atoms with E-state index in [9.17, 15) is 9.50 Å². The van der Waals surface area contributed by atoms with Crippen LogP contribution in [0.5, 0.6) is 11.5 Å². The molecule has 0 fully saturated rings. The van der Waals surface area contributed by atoms with Crippen molar-refractivity contribution in [3.05, 3.63) is 72.1 Å². The Bertz CT molecular complexity index is 750. The molecule has 0 bridgehead atoms. The van der Waals surface area contributed by atoms with Gasteiger partial charge in [-0.25, -0.2) is 4.39 Å². The van der Waals surface area contributed by atoms with Crippen LogP contribution >= 0.6 is 0 Å². The number of fused-ring (bicyclic) bond motifs is 1. The van der Waals surface area contributed by atoms with Gasteiger partial charge in [-0.15, -0.1) is 6.58 Å². The molecular formula is C21H24FNO3. The summed E-state index contributed by atoms with van der Waals surface area (Å²) >= 11 is 0. The van der Waals surface area contributed by atoms with Gasteiger partial charge in [-0.1, -0.05) is 30.3 Å². The molecule has 1 atom stereocenters. The fourth-order valence-electron chi connectivity index (χ4n) is 3.05. The molecule has 138 valence electrons. The number of halogens is 1. The largest absolute Gasteiger partial charge is 0.454 e. The van der Waals surface area contributed by atoms with E-state index in [1.54, 1.807) is 18.2 Å². The predicted molar refractivity (Wildman–Crippen MR) is 98.5 cm³/mol. The minimum Gasteiger partial charge on any atom is -0.454 e. The second-order valence-electron chi connectivity index (χ2n) is 6.47. The summed E-state index contributed by atoms with van der Waals surface area (Å²) in [7, 11) is 0. The van der Waals surface area contributed by atoms with Gasteiger partial charge in [0.2, 0.25) is 6.79 Å². The summed E-state index contributed by atoms with van der Waals surface area (Å²) in [4.78, 5) is 2.05. The Labute approximate surface area is 153 Å².